The zero-order valence-electron chi connectivity index (χ0n) is 12.1. The number of hydrogen-bond donors (Lipinski definition) is 2. The van der Waals surface area contributed by atoms with Gasteiger partial charge in [0.2, 0.25) is 0 Å². The van der Waals surface area contributed by atoms with Crippen LogP contribution in [0.3, 0.4) is 0 Å². The van der Waals surface area contributed by atoms with Crippen LogP contribution in [0.5, 0.6) is 0 Å². The van der Waals surface area contributed by atoms with Crippen LogP contribution >= 0.6 is 0 Å². The molecule has 0 heterocycles. The zero-order valence-corrected chi connectivity index (χ0v) is 12.1. The molecule has 3 nitrogen and oxygen atoms in total. The Bertz CT molecular complexity index is 473. The van der Waals surface area contributed by atoms with E-state index in [1.807, 2.05) is 0 Å². The van der Waals surface area contributed by atoms with E-state index in [2.05, 4.69) is 12.2 Å². The number of halogens is 1. The molecule has 1 aromatic rings. The summed E-state index contributed by atoms with van der Waals surface area (Å²) < 4.78 is 13.4. The molecule has 0 unspecified atom stereocenters. The third kappa shape index (κ3) is 3.11. The van der Waals surface area contributed by atoms with Crippen LogP contribution in [-0.2, 0) is 4.79 Å². The molecule has 0 saturated heterocycles. The standard InChI is InChI=1S/C16H22FNO2/c1-3-12-4-6-16(7-5-12,15(19)20)18-14-9-11(2)8-13(17)10-14/h8-10,12,18H,3-7H2,1-2H3,(H,19,20). The van der Waals surface area contributed by atoms with Crippen molar-refractivity contribution in [3.63, 3.8) is 0 Å². The van der Waals surface area contributed by atoms with Crippen molar-refractivity contribution >= 4 is 11.7 Å². The average Bonchev–Trinajstić information content (AvgIpc) is 2.38. The fourth-order valence-corrected chi connectivity index (χ4v) is 3.06. The molecule has 0 radical (unpaired) electrons. The summed E-state index contributed by atoms with van der Waals surface area (Å²) in [5.74, 6) is -0.567. The van der Waals surface area contributed by atoms with E-state index in [1.54, 1.807) is 13.0 Å². The highest BCUT2D eigenvalue weighted by molar-refractivity contribution is 5.83. The maximum Gasteiger partial charge on any atom is 0.329 e. The fraction of sp³-hybridized carbons (Fsp3) is 0.562. The molecule has 2 N–H and O–H groups in total. The van der Waals surface area contributed by atoms with Gasteiger partial charge in [-0.15, -0.1) is 0 Å². The lowest BCUT2D eigenvalue weighted by Gasteiger charge is -2.38. The van der Waals surface area contributed by atoms with Gasteiger partial charge in [0.15, 0.2) is 0 Å². The summed E-state index contributed by atoms with van der Waals surface area (Å²) in [6.45, 7) is 3.94. The van der Waals surface area contributed by atoms with E-state index in [1.165, 1.54) is 12.1 Å². The maximum atomic E-state index is 13.4. The molecule has 2 rings (SSSR count). The summed E-state index contributed by atoms with van der Waals surface area (Å²) in [6, 6.07) is 4.59. The monoisotopic (exact) mass is 279 g/mol. The number of benzene rings is 1. The number of rotatable bonds is 4. The lowest BCUT2D eigenvalue weighted by molar-refractivity contribution is -0.143. The summed E-state index contributed by atoms with van der Waals surface area (Å²) in [7, 11) is 0. The molecule has 4 heteroatoms. The lowest BCUT2D eigenvalue weighted by atomic mass is 9.75. The highest BCUT2D eigenvalue weighted by Crippen LogP contribution is 2.36. The number of carboxylic acid groups (broad SMARTS) is 1. The molecule has 0 bridgehead atoms. The van der Waals surface area contributed by atoms with E-state index in [0.717, 1.165) is 24.8 Å². The Morgan fingerprint density at radius 2 is 2.05 bits per heavy atom. The Balaban J connectivity index is 2.20. The number of carboxylic acids is 1. The summed E-state index contributed by atoms with van der Waals surface area (Å²) in [5, 5.41) is 12.7. The Morgan fingerprint density at radius 1 is 1.40 bits per heavy atom. The van der Waals surface area contributed by atoms with Gasteiger partial charge in [-0.3, -0.25) is 0 Å². The topological polar surface area (TPSA) is 49.3 Å². The van der Waals surface area contributed by atoms with E-state index in [-0.39, 0.29) is 5.82 Å². The van der Waals surface area contributed by atoms with Crippen LogP contribution in [0.4, 0.5) is 10.1 Å². The highest BCUT2D eigenvalue weighted by atomic mass is 19.1. The van der Waals surface area contributed by atoms with Gasteiger partial charge < -0.3 is 10.4 Å². The molecule has 0 amide bonds. The first kappa shape index (κ1) is 14.8. The third-order valence-electron chi connectivity index (χ3n) is 4.37. The molecule has 1 aliphatic carbocycles. The van der Waals surface area contributed by atoms with Crippen molar-refractivity contribution in [1.29, 1.82) is 0 Å². The lowest BCUT2D eigenvalue weighted by Crippen LogP contribution is -2.49. The van der Waals surface area contributed by atoms with Crippen LogP contribution in [0.25, 0.3) is 0 Å². The van der Waals surface area contributed by atoms with Gasteiger partial charge >= 0.3 is 5.97 Å². The third-order valence-corrected chi connectivity index (χ3v) is 4.37. The predicted octanol–water partition coefficient (Wildman–Crippen LogP) is 3.97. The van der Waals surface area contributed by atoms with Crippen molar-refractivity contribution in [3.8, 4) is 0 Å². The van der Waals surface area contributed by atoms with Crippen LogP contribution in [-0.4, -0.2) is 16.6 Å². The van der Waals surface area contributed by atoms with Gasteiger partial charge in [-0.05, 0) is 62.3 Å². The molecular weight excluding hydrogens is 257 g/mol. The number of hydrogen-bond acceptors (Lipinski definition) is 2. The first-order chi connectivity index (χ1) is 9.45. The maximum absolute atomic E-state index is 13.4. The average molecular weight is 279 g/mol. The second-order valence-corrected chi connectivity index (χ2v) is 5.88. The van der Waals surface area contributed by atoms with Crippen LogP contribution in [0.2, 0.25) is 0 Å². The molecule has 1 aliphatic rings. The number of aryl methyl sites for hydroxylation is 1. The Hall–Kier alpha value is -1.58. The summed E-state index contributed by atoms with van der Waals surface area (Å²) in [5.41, 5.74) is 0.390. The molecule has 0 spiro atoms. The summed E-state index contributed by atoms with van der Waals surface area (Å²) in [6.07, 6.45) is 4.09. The van der Waals surface area contributed by atoms with E-state index in [0.29, 0.717) is 24.4 Å². The second-order valence-electron chi connectivity index (χ2n) is 5.88. The van der Waals surface area contributed by atoms with E-state index >= 15 is 0 Å². The van der Waals surface area contributed by atoms with Crippen molar-refractivity contribution in [2.24, 2.45) is 5.92 Å². The largest absolute Gasteiger partial charge is 0.480 e. The van der Waals surface area contributed by atoms with Crippen LogP contribution in [0, 0.1) is 18.7 Å². The van der Waals surface area contributed by atoms with Crippen molar-refractivity contribution in [2.45, 2.75) is 51.5 Å². The molecule has 1 saturated carbocycles. The first-order valence-electron chi connectivity index (χ1n) is 7.24. The molecule has 0 aliphatic heterocycles. The predicted molar refractivity (Wildman–Crippen MR) is 77.4 cm³/mol. The minimum absolute atomic E-state index is 0.338. The van der Waals surface area contributed by atoms with Gasteiger partial charge in [0, 0.05) is 5.69 Å². The van der Waals surface area contributed by atoms with E-state index in [4.69, 9.17) is 0 Å². The highest BCUT2D eigenvalue weighted by Gasteiger charge is 2.41. The van der Waals surface area contributed by atoms with Gasteiger partial charge in [-0.2, -0.15) is 0 Å². The second kappa shape index (κ2) is 5.81. The number of anilines is 1. The number of carbonyl (C=O) groups is 1. The van der Waals surface area contributed by atoms with Gasteiger partial charge in [0.1, 0.15) is 11.4 Å². The molecule has 1 fully saturated rings. The van der Waals surface area contributed by atoms with Crippen molar-refractivity contribution in [3.05, 3.63) is 29.6 Å². The molecule has 0 atom stereocenters. The van der Waals surface area contributed by atoms with Crippen molar-refractivity contribution in [2.75, 3.05) is 5.32 Å². The first-order valence-corrected chi connectivity index (χ1v) is 7.24. The number of aliphatic carboxylic acids is 1. The van der Waals surface area contributed by atoms with Crippen LogP contribution in [0.1, 0.15) is 44.6 Å². The van der Waals surface area contributed by atoms with Crippen molar-refractivity contribution < 1.29 is 14.3 Å². The van der Waals surface area contributed by atoms with Gasteiger partial charge in [0.25, 0.3) is 0 Å². The minimum atomic E-state index is -0.952. The van der Waals surface area contributed by atoms with E-state index < -0.39 is 11.5 Å². The zero-order chi connectivity index (χ0) is 14.8. The Kier molecular flexibility index (Phi) is 4.31. The van der Waals surface area contributed by atoms with E-state index in [9.17, 15) is 14.3 Å². The quantitative estimate of drug-likeness (QED) is 0.876. The van der Waals surface area contributed by atoms with Crippen molar-refractivity contribution in [1.82, 2.24) is 0 Å². The van der Waals surface area contributed by atoms with Crippen LogP contribution < -0.4 is 5.32 Å². The summed E-state index contributed by atoms with van der Waals surface area (Å²) >= 11 is 0. The molecular formula is C16H22FNO2. The molecule has 110 valence electrons. The number of nitrogens with one attached hydrogen (secondary N) is 1. The summed E-state index contributed by atoms with van der Waals surface area (Å²) in [4.78, 5) is 11.7. The Morgan fingerprint density at radius 3 is 2.55 bits per heavy atom. The van der Waals surface area contributed by atoms with Gasteiger partial charge in [-0.25, -0.2) is 9.18 Å². The molecule has 0 aromatic heterocycles. The smallest absolute Gasteiger partial charge is 0.329 e. The SMILES string of the molecule is CCC1CCC(Nc2cc(C)cc(F)c2)(C(=O)O)CC1. The van der Waals surface area contributed by atoms with Crippen LogP contribution in [0.15, 0.2) is 18.2 Å². The molecule has 20 heavy (non-hydrogen) atoms. The van der Waals surface area contributed by atoms with Gasteiger partial charge in [-0.1, -0.05) is 13.3 Å². The normalized spacial score (nSPS) is 26.2. The minimum Gasteiger partial charge on any atom is -0.480 e. The fourth-order valence-electron chi connectivity index (χ4n) is 3.06. The Labute approximate surface area is 119 Å². The van der Waals surface area contributed by atoms with Gasteiger partial charge in [0.05, 0.1) is 0 Å². The molecule has 1 aromatic carbocycles.